The Morgan fingerprint density at radius 3 is 2.64 bits per heavy atom. The number of para-hydroxylation sites is 1. The van der Waals surface area contributed by atoms with Crippen molar-refractivity contribution in [3.63, 3.8) is 0 Å². The normalized spacial score (nSPS) is 11.9. The summed E-state index contributed by atoms with van der Waals surface area (Å²) in [4.78, 5) is 28.3. The Hall–Kier alpha value is -3.98. The molecule has 9 heteroatoms. The monoisotopic (exact) mass is 447 g/mol. The molecular weight excluding hydrogens is 422 g/mol. The van der Waals surface area contributed by atoms with Crippen molar-refractivity contribution in [2.75, 3.05) is 20.3 Å². The van der Waals surface area contributed by atoms with Crippen molar-refractivity contribution in [2.24, 2.45) is 0 Å². The van der Waals surface area contributed by atoms with Crippen molar-refractivity contribution in [3.8, 4) is 0 Å². The molecule has 2 aromatic heterocycles. The molecule has 9 nitrogen and oxygen atoms in total. The quantitative estimate of drug-likeness (QED) is 0.375. The second-order valence-electron chi connectivity index (χ2n) is 7.44. The predicted molar refractivity (Wildman–Crippen MR) is 121 cm³/mol. The van der Waals surface area contributed by atoms with Gasteiger partial charge in [0.15, 0.2) is 6.04 Å². The molecule has 2 amide bonds. The first-order valence-electron chi connectivity index (χ1n) is 10.6. The molecule has 0 saturated heterocycles. The third-order valence-electron chi connectivity index (χ3n) is 5.20. The van der Waals surface area contributed by atoms with Crippen LogP contribution in [0.5, 0.6) is 0 Å². The minimum atomic E-state index is -0.959. The number of carbonyl (C=O) groups is 2. The van der Waals surface area contributed by atoms with Crippen molar-refractivity contribution >= 4 is 22.8 Å². The number of furan rings is 1. The summed E-state index contributed by atoms with van der Waals surface area (Å²) in [7, 11) is 1.56. The van der Waals surface area contributed by atoms with Crippen molar-refractivity contribution in [1.82, 2.24) is 25.2 Å². The fourth-order valence-corrected chi connectivity index (χ4v) is 3.60. The Kier molecular flexibility index (Phi) is 7.11. The van der Waals surface area contributed by atoms with Gasteiger partial charge in [0.05, 0.1) is 18.4 Å². The Balaban J connectivity index is 1.67. The van der Waals surface area contributed by atoms with Crippen LogP contribution in [-0.4, -0.2) is 52.0 Å². The summed E-state index contributed by atoms with van der Waals surface area (Å²) in [6.45, 7) is 0.813. The second kappa shape index (κ2) is 10.6. The highest BCUT2D eigenvalue weighted by molar-refractivity contribution is 5.88. The van der Waals surface area contributed by atoms with Crippen LogP contribution in [0.1, 0.15) is 17.4 Å². The fourth-order valence-electron chi connectivity index (χ4n) is 3.60. The average Bonchev–Trinajstić information content (AvgIpc) is 3.50. The highest BCUT2D eigenvalue weighted by Crippen LogP contribution is 2.25. The molecule has 0 radical (unpaired) electrons. The topological polar surface area (TPSA) is 102 Å². The molecule has 0 aliphatic carbocycles. The molecule has 2 heterocycles. The molecule has 0 aliphatic rings. The molecule has 0 bridgehead atoms. The largest absolute Gasteiger partial charge is 0.467 e. The van der Waals surface area contributed by atoms with E-state index in [4.69, 9.17) is 9.15 Å². The number of aromatic nitrogens is 3. The van der Waals surface area contributed by atoms with Crippen LogP contribution in [0.15, 0.2) is 77.4 Å². The van der Waals surface area contributed by atoms with Gasteiger partial charge in [-0.05, 0) is 29.8 Å². The number of carbonyl (C=O) groups excluding carboxylic acids is 2. The first-order chi connectivity index (χ1) is 16.2. The minimum Gasteiger partial charge on any atom is -0.467 e. The lowest BCUT2D eigenvalue weighted by Crippen LogP contribution is -2.45. The lowest BCUT2D eigenvalue weighted by Gasteiger charge is -2.30. The van der Waals surface area contributed by atoms with E-state index in [2.05, 4.69) is 15.6 Å². The first kappa shape index (κ1) is 22.2. The number of hydrogen-bond acceptors (Lipinski definition) is 6. The molecular formula is C24H25N5O4. The zero-order chi connectivity index (χ0) is 23.0. The molecule has 0 fully saturated rings. The van der Waals surface area contributed by atoms with E-state index >= 15 is 0 Å². The van der Waals surface area contributed by atoms with E-state index in [9.17, 15) is 9.59 Å². The molecule has 0 spiro atoms. The van der Waals surface area contributed by atoms with Gasteiger partial charge in [-0.25, -0.2) is 4.68 Å². The lowest BCUT2D eigenvalue weighted by atomic mass is 10.1. The van der Waals surface area contributed by atoms with Gasteiger partial charge in [0.25, 0.3) is 5.91 Å². The standard InChI is InChI=1S/C24H25N5O4/c1-32-15-13-25-24(31)23(21-12-7-14-33-21)28(16-18-8-3-2-4-9-18)22(30)17-29-20-11-6-5-10-19(20)26-27-29/h2-12,14,23H,13,15-17H2,1H3,(H,25,31)/t23-/m1/s1. The summed E-state index contributed by atoms with van der Waals surface area (Å²) in [6, 6.07) is 19.3. The van der Waals surface area contributed by atoms with E-state index in [1.165, 1.54) is 15.8 Å². The number of fused-ring (bicyclic) bond motifs is 1. The first-order valence-corrected chi connectivity index (χ1v) is 10.6. The Morgan fingerprint density at radius 2 is 1.88 bits per heavy atom. The maximum absolute atomic E-state index is 13.6. The summed E-state index contributed by atoms with van der Waals surface area (Å²) in [5.41, 5.74) is 2.32. The van der Waals surface area contributed by atoms with Gasteiger partial charge in [-0.2, -0.15) is 0 Å². The third kappa shape index (κ3) is 5.27. The number of hydrogen-bond donors (Lipinski definition) is 1. The van der Waals surface area contributed by atoms with Gasteiger partial charge in [0, 0.05) is 20.2 Å². The molecule has 0 saturated carbocycles. The lowest BCUT2D eigenvalue weighted by molar-refractivity contribution is -0.143. The van der Waals surface area contributed by atoms with Crippen LogP contribution < -0.4 is 5.32 Å². The summed E-state index contributed by atoms with van der Waals surface area (Å²) in [6.07, 6.45) is 1.49. The van der Waals surface area contributed by atoms with Gasteiger partial charge in [0.1, 0.15) is 17.8 Å². The van der Waals surface area contributed by atoms with E-state index < -0.39 is 6.04 Å². The van der Waals surface area contributed by atoms with Gasteiger partial charge in [-0.3, -0.25) is 9.59 Å². The molecule has 0 aliphatic heterocycles. The average molecular weight is 447 g/mol. The number of benzene rings is 2. The smallest absolute Gasteiger partial charge is 0.250 e. The van der Waals surface area contributed by atoms with Crippen molar-refractivity contribution in [1.29, 1.82) is 0 Å². The van der Waals surface area contributed by atoms with Crippen molar-refractivity contribution in [2.45, 2.75) is 19.1 Å². The molecule has 4 rings (SSSR count). The summed E-state index contributed by atoms with van der Waals surface area (Å²) >= 11 is 0. The second-order valence-corrected chi connectivity index (χ2v) is 7.44. The fraction of sp³-hybridized carbons (Fsp3) is 0.250. The number of nitrogens with one attached hydrogen (secondary N) is 1. The van der Waals surface area contributed by atoms with Crippen molar-refractivity contribution < 1.29 is 18.7 Å². The van der Waals surface area contributed by atoms with E-state index in [1.54, 1.807) is 19.2 Å². The van der Waals surface area contributed by atoms with Crippen LogP contribution >= 0.6 is 0 Å². The highest BCUT2D eigenvalue weighted by Gasteiger charge is 2.34. The maximum Gasteiger partial charge on any atom is 0.250 e. The van der Waals surface area contributed by atoms with Crippen molar-refractivity contribution in [3.05, 3.63) is 84.3 Å². The van der Waals surface area contributed by atoms with Crippen LogP contribution in [-0.2, 0) is 27.4 Å². The predicted octanol–water partition coefficient (Wildman–Crippen LogP) is 2.56. The zero-order valence-corrected chi connectivity index (χ0v) is 18.3. The van der Waals surface area contributed by atoms with E-state index in [0.29, 0.717) is 24.4 Å². The third-order valence-corrected chi connectivity index (χ3v) is 5.20. The summed E-state index contributed by atoms with van der Waals surface area (Å²) in [5, 5.41) is 11.1. The van der Waals surface area contributed by atoms with E-state index in [-0.39, 0.29) is 24.9 Å². The Labute approximate surface area is 190 Å². The maximum atomic E-state index is 13.6. The molecule has 0 unspecified atom stereocenters. The van der Waals surface area contributed by atoms with E-state index in [1.807, 2.05) is 54.6 Å². The van der Waals surface area contributed by atoms with Gasteiger partial charge >= 0.3 is 0 Å². The number of methoxy groups -OCH3 is 1. The minimum absolute atomic E-state index is 0.0735. The molecule has 1 N–H and O–H groups in total. The number of ether oxygens (including phenoxy) is 1. The Bertz CT molecular complexity index is 1190. The summed E-state index contributed by atoms with van der Waals surface area (Å²) < 4.78 is 12.2. The molecule has 4 aromatic rings. The SMILES string of the molecule is COCCNC(=O)[C@@H](c1ccco1)N(Cc1ccccc1)C(=O)Cn1nnc2ccccc21. The van der Waals surface area contributed by atoms with Gasteiger partial charge in [-0.1, -0.05) is 47.7 Å². The van der Waals surface area contributed by atoms with Gasteiger partial charge < -0.3 is 19.4 Å². The number of amides is 2. The molecule has 2 aromatic carbocycles. The molecule has 33 heavy (non-hydrogen) atoms. The number of nitrogens with zero attached hydrogens (tertiary/aromatic N) is 4. The van der Waals surface area contributed by atoms with Crippen LogP contribution in [0.25, 0.3) is 11.0 Å². The van der Waals surface area contributed by atoms with Crippen LogP contribution in [0.4, 0.5) is 0 Å². The highest BCUT2D eigenvalue weighted by atomic mass is 16.5. The van der Waals surface area contributed by atoms with Crippen LogP contribution in [0.2, 0.25) is 0 Å². The van der Waals surface area contributed by atoms with Crippen LogP contribution in [0, 0.1) is 0 Å². The molecule has 1 atom stereocenters. The van der Waals surface area contributed by atoms with E-state index in [0.717, 1.165) is 11.1 Å². The van der Waals surface area contributed by atoms with Gasteiger partial charge in [-0.15, -0.1) is 5.10 Å². The number of rotatable bonds is 10. The van der Waals surface area contributed by atoms with Gasteiger partial charge in [0.2, 0.25) is 5.91 Å². The summed E-state index contributed by atoms with van der Waals surface area (Å²) in [5.74, 6) is -0.273. The zero-order valence-electron chi connectivity index (χ0n) is 18.3. The molecule has 170 valence electrons. The Morgan fingerprint density at radius 1 is 1.09 bits per heavy atom. The van der Waals surface area contributed by atoms with Crippen LogP contribution in [0.3, 0.4) is 0 Å².